The van der Waals surface area contributed by atoms with Crippen molar-refractivity contribution < 1.29 is 27.8 Å². The molecule has 3 nitrogen and oxygen atoms in total. The van der Waals surface area contributed by atoms with E-state index in [0.29, 0.717) is 5.56 Å². The Labute approximate surface area is 95.8 Å². The summed E-state index contributed by atoms with van der Waals surface area (Å²) in [6.07, 6.45) is -5.00. The second-order valence-corrected chi connectivity index (χ2v) is 3.49. The Bertz CT molecular complexity index is 413. The number of aliphatic carboxylic acids is 1. The molecule has 0 fully saturated rings. The minimum Gasteiger partial charge on any atom is -0.481 e. The number of halogens is 3. The van der Waals surface area contributed by atoms with E-state index in [9.17, 15) is 18.0 Å². The maximum atomic E-state index is 12.1. The van der Waals surface area contributed by atoms with Gasteiger partial charge in [-0.25, -0.2) is 0 Å². The van der Waals surface area contributed by atoms with Crippen LogP contribution in [0.5, 0.6) is 5.75 Å². The maximum absolute atomic E-state index is 12.1. The maximum Gasteiger partial charge on any atom is 0.573 e. The fraction of sp³-hybridized carbons (Fsp3) is 0.364. The Hall–Kier alpha value is -1.72. The van der Waals surface area contributed by atoms with Gasteiger partial charge >= 0.3 is 12.3 Å². The molecule has 0 saturated heterocycles. The lowest BCUT2D eigenvalue weighted by atomic mass is 10.0. The van der Waals surface area contributed by atoms with Crippen molar-refractivity contribution in [2.45, 2.75) is 26.1 Å². The Morgan fingerprint density at radius 2 is 2.06 bits per heavy atom. The Balaban J connectivity index is 2.96. The molecule has 0 aliphatic rings. The minimum atomic E-state index is -4.77. The lowest BCUT2D eigenvalue weighted by Crippen LogP contribution is -2.18. The molecule has 6 heteroatoms. The largest absolute Gasteiger partial charge is 0.573 e. The van der Waals surface area contributed by atoms with Crippen LogP contribution in [0.15, 0.2) is 18.2 Å². The number of carbonyl (C=O) groups is 1. The number of benzene rings is 1. The van der Waals surface area contributed by atoms with Crippen LogP contribution in [0, 0.1) is 6.92 Å². The van der Waals surface area contributed by atoms with Crippen LogP contribution >= 0.6 is 0 Å². The van der Waals surface area contributed by atoms with Gasteiger partial charge in [-0.05, 0) is 30.5 Å². The van der Waals surface area contributed by atoms with Crippen molar-refractivity contribution in [1.29, 1.82) is 0 Å². The molecule has 0 aliphatic heterocycles. The zero-order valence-electron chi connectivity index (χ0n) is 9.04. The Morgan fingerprint density at radius 1 is 1.41 bits per heavy atom. The van der Waals surface area contributed by atoms with Crippen LogP contribution in [-0.2, 0) is 11.2 Å². The Morgan fingerprint density at radius 3 is 2.59 bits per heavy atom. The van der Waals surface area contributed by atoms with Crippen LogP contribution < -0.4 is 4.74 Å². The predicted octanol–water partition coefficient (Wildman–Crippen LogP) is 2.91. The van der Waals surface area contributed by atoms with Gasteiger partial charge in [0.2, 0.25) is 0 Å². The average Bonchev–Trinajstić information content (AvgIpc) is 2.13. The SMILES string of the molecule is Cc1cccc(OC(F)(F)F)c1CCC(=O)O. The zero-order valence-corrected chi connectivity index (χ0v) is 9.04. The summed E-state index contributed by atoms with van der Waals surface area (Å²) in [6, 6.07) is 4.22. The van der Waals surface area contributed by atoms with Crippen molar-refractivity contribution in [2.75, 3.05) is 0 Å². The normalized spacial score (nSPS) is 11.3. The van der Waals surface area contributed by atoms with Gasteiger partial charge in [0.1, 0.15) is 5.75 Å². The molecular weight excluding hydrogens is 237 g/mol. The van der Waals surface area contributed by atoms with Crippen LogP contribution in [0.3, 0.4) is 0 Å². The van der Waals surface area contributed by atoms with E-state index in [0.717, 1.165) is 0 Å². The van der Waals surface area contributed by atoms with Gasteiger partial charge in [-0.2, -0.15) is 0 Å². The molecule has 0 spiro atoms. The van der Waals surface area contributed by atoms with E-state index in [-0.39, 0.29) is 24.2 Å². The highest BCUT2D eigenvalue weighted by Crippen LogP contribution is 2.29. The summed E-state index contributed by atoms with van der Waals surface area (Å²) < 4.78 is 40.2. The number of aryl methyl sites for hydroxylation is 1. The highest BCUT2D eigenvalue weighted by molar-refractivity contribution is 5.67. The van der Waals surface area contributed by atoms with Gasteiger partial charge in [0.05, 0.1) is 0 Å². The summed E-state index contributed by atoms with van der Waals surface area (Å²) in [4.78, 5) is 10.4. The highest BCUT2D eigenvalue weighted by Gasteiger charge is 2.32. The third-order valence-corrected chi connectivity index (χ3v) is 2.18. The molecule has 1 aromatic rings. The summed E-state index contributed by atoms with van der Waals surface area (Å²) in [7, 11) is 0. The first kappa shape index (κ1) is 13.3. The van der Waals surface area contributed by atoms with Gasteiger partial charge in [-0.15, -0.1) is 13.2 Å². The minimum absolute atomic E-state index is 0.00736. The van der Waals surface area contributed by atoms with Crippen molar-refractivity contribution in [3.63, 3.8) is 0 Å². The highest BCUT2D eigenvalue weighted by atomic mass is 19.4. The molecule has 0 atom stereocenters. The van der Waals surface area contributed by atoms with Crippen LogP contribution in [0.25, 0.3) is 0 Å². The van der Waals surface area contributed by atoms with Crippen LogP contribution in [-0.4, -0.2) is 17.4 Å². The van der Waals surface area contributed by atoms with Crippen LogP contribution in [0.4, 0.5) is 13.2 Å². The van der Waals surface area contributed by atoms with E-state index in [1.165, 1.54) is 12.1 Å². The third kappa shape index (κ3) is 4.34. The number of hydrogen-bond acceptors (Lipinski definition) is 2. The summed E-state index contributed by atoms with van der Waals surface area (Å²) in [5.74, 6) is -1.40. The monoisotopic (exact) mass is 248 g/mol. The average molecular weight is 248 g/mol. The van der Waals surface area contributed by atoms with Crippen molar-refractivity contribution >= 4 is 5.97 Å². The molecular formula is C11H11F3O3. The molecule has 0 radical (unpaired) electrons. The summed E-state index contributed by atoms with van der Waals surface area (Å²) >= 11 is 0. The van der Waals surface area contributed by atoms with E-state index in [1.54, 1.807) is 13.0 Å². The molecule has 1 aromatic carbocycles. The molecule has 1 N–H and O–H groups in total. The van der Waals surface area contributed by atoms with E-state index >= 15 is 0 Å². The lowest BCUT2D eigenvalue weighted by molar-refractivity contribution is -0.274. The summed E-state index contributed by atoms with van der Waals surface area (Å²) in [5, 5.41) is 8.53. The molecule has 0 aliphatic carbocycles. The van der Waals surface area contributed by atoms with Crippen LogP contribution in [0.2, 0.25) is 0 Å². The number of alkyl halides is 3. The topological polar surface area (TPSA) is 46.5 Å². The van der Waals surface area contributed by atoms with Crippen molar-refractivity contribution in [1.82, 2.24) is 0 Å². The molecule has 1 rings (SSSR count). The van der Waals surface area contributed by atoms with Gasteiger partial charge < -0.3 is 9.84 Å². The van der Waals surface area contributed by atoms with E-state index in [4.69, 9.17) is 5.11 Å². The summed E-state index contributed by atoms with van der Waals surface area (Å²) in [6.45, 7) is 1.61. The second-order valence-electron chi connectivity index (χ2n) is 3.49. The molecule has 0 heterocycles. The van der Waals surface area contributed by atoms with E-state index < -0.39 is 12.3 Å². The zero-order chi connectivity index (χ0) is 13.1. The quantitative estimate of drug-likeness (QED) is 0.891. The fourth-order valence-corrected chi connectivity index (χ4v) is 1.45. The first-order valence-corrected chi connectivity index (χ1v) is 4.85. The molecule has 0 aromatic heterocycles. The molecule has 94 valence electrons. The number of carboxylic acid groups (broad SMARTS) is 1. The standard InChI is InChI=1S/C11H11F3O3/c1-7-3-2-4-9(17-11(12,13)14)8(7)5-6-10(15)16/h2-4H,5-6H2,1H3,(H,15,16). The van der Waals surface area contributed by atoms with Crippen LogP contribution in [0.1, 0.15) is 17.5 Å². The number of ether oxygens (including phenoxy) is 1. The summed E-state index contributed by atoms with van der Waals surface area (Å²) in [5.41, 5.74) is 0.847. The van der Waals surface area contributed by atoms with E-state index in [2.05, 4.69) is 4.74 Å². The van der Waals surface area contributed by atoms with Crippen molar-refractivity contribution in [3.8, 4) is 5.75 Å². The van der Waals surface area contributed by atoms with E-state index in [1.807, 2.05) is 0 Å². The molecule has 0 bridgehead atoms. The lowest BCUT2D eigenvalue weighted by Gasteiger charge is -2.14. The van der Waals surface area contributed by atoms with Crippen molar-refractivity contribution in [2.24, 2.45) is 0 Å². The molecule has 17 heavy (non-hydrogen) atoms. The number of hydrogen-bond donors (Lipinski definition) is 1. The molecule has 0 saturated carbocycles. The second kappa shape index (κ2) is 5.07. The molecule has 0 unspecified atom stereocenters. The van der Waals surface area contributed by atoms with Gasteiger partial charge in [0.25, 0.3) is 0 Å². The molecule has 0 amide bonds. The van der Waals surface area contributed by atoms with Gasteiger partial charge in [0, 0.05) is 6.42 Å². The number of rotatable bonds is 4. The first-order valence-electron chi connectivity index (χ1n) is 4.85. The number of carboxylic acids is 1. The first-order chi connectivity index (χ1) is 7.79. The predicted molar refractivity (Wildman–Crippen MR) is 53.8 cm³/mol. The van der Waals surface area contributed by atoms with Gasteiger partial charge in [-0.3, -0.25) is 4.79 Å². The Kier molecular flexibility index (Phi) is 3.98. The fourth-order valence-electron chi connectivity index (χ4n) is 1.45. The third-order valence-electron chi connectivity index (χ3n) is 2.18. The van der Waals surface area contributed by atoms with Crippen molar-refractivity contribution in [3.05, 3.63) is 29.3 Å². The smallest absolute Gasteiger partial charge is 0.481 e. The van der Waals surface area contributed by atoms with Gasteiger partial charge in [-0.1, -0.05) is 12.1 Å². The van der Waals surface area contributed by atoms with Gasteiger partial charge in [0.15, 0.2) is 0 Å².